The molecule has 2 nitrogen and oxygen atoms in total. The standard InChI is InChI=1S/C13H15ClO2/c1-8(2)11-7-13(11,12(15)16)9-3-5-10(14)6-4-9/h3-6,8,11H,7H2,1-2H3,(H,15,16). The molecule has 0 aliphatic heterocycles. The number of rotatable bonds is 3. The van der Waals surface area contributed by atoms with Crippen LogP contribution in [0.5, 0.6) is 0 Å². The Bertz CT molecular complexity index is 410. The molecule has 2 atom stereocenters. The Kier molecular flexibility index (Phi) is 2.70. The van der Waals surface area contributed by atoms with Crippen LogP contribution in [0.3, 0.4) is 0 Å². The molecule has 0 radical (unpaired) electrons. The predicted molar refractivity (Wildman–Crippen MR) is 63.7 cm³/mol. The van der Waals surface area contributed by atoms with E-state index in [1.165, 1.54) is 0 Å². The fourth-order valence-electron chi connectivity index (χ4n) is 2.54. The summed E-state index contributed by atoms with van der Waals surface area (Å²) in [6.45, 7) is 4.15. The smallest absolute Gasteiger partial charge is 0.314 e. The average Bonchev–Trinajstić information content (AvgIpc) is 2.95. The van der Waals surface area contributed by atoms with Crippen molar-refractivity contribution in [3.05, 3.63) is 34.9 Å². The SMILES string of the molecule is CC(C)C1CC1(C(=O)O)c1ccc(Cl)cc1. The number of halogens is 1. The van der Waals surface area contributed by atoms with Gasteiger partial charge in [0, 0.05) is 5.02 Å². The number of carbonyl (C=O) groups is 1. The van der Waals surface area contributed by atoms with E-state index in [9.17, 15) is 9.90 Å². The van der Waals surface area contributed by atoms with Crippen LogP contribution in [-0.4, -0.2) is 11.1 Å². The highest BCUT2D eigenvalue weighted by Crippen LogP contribution is 2.58. The summed E-state index contributed by atoms with van der Waals surface area (Å²) >= 11 is 5.81. The molecule has 16 heavy (non-hydrogen) atoms. The monoisotopic (exact) mass is 238 g/mol. The van der Waals surface area contributed by atoms with E-state index >= 15 is 0 Å². The minimum atomic E-state index is -0.714. The maximum absolute atomic E-state index is 11.5. The van der Waals surface area contributed by atoms with Gasteiger partial charge in [-0.1, -0.05) is 37.6 Å². The first kappa shape index (κ1) is 11.5. The lowest BCUT2D eigenvalue weighted by atomic mass is 9.89. The van der Waals surface area contributed by atoms with Crippen LogP contribution in [0.2, 0.25) is 5.02 Å². The van der Waals surface area contributed by atoms with Crippen molar-refractivity contribution in [2.24, 2.45) is 11.8 Å². The van der Waals surface area contributed by atoms with Gasteiger partial charge in [0.05, 0.1) is 5.41 Å². The quantitative estimate of drug-likeness (QED) is 0.877. The van der Waals surface area contributed by atoms with E-state index in [-0.39, 0.29) is 5.92 Å². The Morgan fingerprint density at radius 2 is 2.00 bits per heavy atom. The third kappa shape index (κ3) is 1.61. The van der Waals surface area contributed by atoms with Crippen LogP contribution in [0.1, 0.15) is 25.8 Å². The van der Waals surface area contributed by atoms with E-state index < -0.39 is 11.4 Å². The molecule has 1 fully saturated rings. The van der Waals surface area contributed by atoms with E-state index in [0.29, 0.717) is 10.9 Å². The van der Waals surface area contributed by atoms with E-state index in [4.69, 9.17) is 11.6 Å². The minimum Gasteiger partial charge on any atom is -0.481 e. The molecule has 3 heteroatoms. The first-order valence-corrected chi connectivity index (χ1v) is 5.85. The normalized spacial score (nSPS) is 28.1. The summed E-state index contributed by atoms with van der Waals surface area (Å²) in [4.78, 5) is 11.5. The molecule has 2 rings (SSSR count). The number of benzene rings is 1. The Balaban J connectivity index is 2.36. The van der Waals surface area contributed by atoms with Gasteiger partial charge < -0.3 is 5.11 Å². The molecule has 0 spiro atoms. The fraction of sp³-hybridized carbons (Fsp3) is 0.462. The lowest BCUT2D eigenvalue weighted by Crippen LogP contribution is -2.24. The van der Waals surface area contributed by atoms with Crippen LogP contribution in [-0.2, 0) is 10.2 Å². The van der Waals surface area contributed by atoms with Gasteiger partial charge in [0.1, 0.15) is 0 Å². The van der Waals surface area contributed by atoms with Crippen LogP contribution in [0.25, 0.3) is 0 Å². The largest absolute Gasteiger partial charge is 0.481 e. The van der Waals surface area contributed by atoms with E-state index in [2.05, 4.69) is 13.8 Å². The zero-order valence-corrected chi connectivity index (χ0v) is 10.2. The third-order valence-electron chi connectivity index (χ3n) is 3.56. The summed E-state index contributed by atoms with van der Waals surface area (Å²) in [5.74, 6) is -0.0773. The molecule has 1 aliphatic rings. The van der Waals surface area contributed by atoms with Crippen molar-refractivity contribution in [2.45, 2.75) is 25.7 Å². The summed E-state index contributed by atoms with van der Waals surface area (Å²) < 4.78 is 0. The Morgan fingerprint density at radius 1 is 1.44 bits per heavy atom. The first-order valence-electron chi connectivity index (χ1n) is 5.48. The van der Waals surface area contributed by atoms with Gasteiger partial charge in [0.15, 0.2) is 0 Å². The summed E-state index contributed by atoms with van der Waals surface area (Å²) in [5, 5.41) is 10.1. The summed E-state index contributed by atoms with van der Waals surface area (Å²) in [6, 6.07) is 7.19. The molecule has 2 unspecified atom stereocenters. The first-order chi connectivity index (χ1) is 7.48. The highest BCUT2D eigenvalue weighted by atomic mass is 35.5. The summed E-state index contributed by atoms with van der Waals surface area (Å²) in [5.41, 5.74) is 0.210. The number of carboxylic acids is 1. The molecule has 1 saturated carbocycles. The zero-order chi connectivity index (χ0) is 11.9. The van der Waals surface area contributed by atoms with Crippen LogP contribution in [0.15, 0.2) is 24.3 Å². The number of aliphatic carboxylic acids is 1. The number of hydrogen-bond acceptors (Lipinski definition) is 1. The Morgan fingerprint density at radius 3 is 2.38 bits per heavy atom. The highest BCUT2D eigenvalue weighted by Gasteiger charge is 2.62. The molecule has 0 saturated heterocycles. The lowest BCUT2D eigenvalue weighted by molar-refractivity contribution is -0.140. The van der Waals surface area contributed by atoms with Crippen molar-refractivity contribution < 1.29 is 9.90 Å². The van der Waals surface area contributed by atoms with Gasteiger partial charge in [-0.05, 0) is 36.0 Å². The molecular weight excluding hydrogens is 224 g/mol. The molecule has 1 aromatic carbocycles. The van der Waals surface area contributed by atoms with Crippen molar-refractivity contribution in [2.75, 3.05) is 0 Å². The molecule has 1 aromatic rings. The predicted octanol–water partition coefficient (Wildman–Crippen LogP) is 3.34. The maximum atomic E-state index is 11.5. The molecule has 0 aromatic heterocycles. The van der Waals surface area contributed by atoms with E-state index in [0.717, 1.165) is 12.0 Å². The van der Waals surface area contributed by atoms with Crippen LogP contribution < -0.4 is 0 Å². The second-order valence-corrected chi connectivity index (χ2v) is 5.27. The number of hydrogen-bond donors (Lipinski definition) is 1. The van der Waals surface area contributed by atoms with Crippen molar-refractivity contribution >= 4 is 17.6 Å². The van der Waals surface area contributed by atoms with Crippen LogP contribution in [0, 0.1) is 11.8 Å². The van der Waals surface area contributed by atoms with Crippen LogP contribution in [0.4, 0.5) is 0 Å². The summed E-state index contributed by atoms with van der Waals surface area (Å²) in [6.07, 6.45) is 0.738. The van der Waals surface area contributed by atoms with Crippen molar-refractivity contribution in [1.82, 2.24) is 0 Å². The molecule has 0 heterocycles. The summed E-state index contributed by atoms with van der Waals surface area (Å²) in [7, 11) is 0. The average molecular weight is 239 g/mol. The van der Waals surface area contributed by atoms with Gasteiger partial charge in [-0.15, -0.1) is 0 Å². The van der Waals surface area contributed by atoms with Gasteiger partial charge in [-0.3, -0.25) is 4.79 Å². The Hall–Kier alpha value is -1.02. The van der Waals surface area contributed by atoms with Crippen molar-refractivity contribution in [3.63, 3.8) is 0 Å². The molecule has 86 valence electrons. The molecule has 0 amide bonds. The van der Waals surface area contributed by atoms with Crippen molar-refractivity contribution in [3.8, 4) is 0 Å². The topological polar surface area (TPSA) is 37.3 Å². The molecular formula is C13H15ClO2. The van der Waals surface area contributed by atoms with Gasteiger partial charge in [-0.2, -0.15) is 0 Å². The zero-order valence-electron chi connectivity index (χ0n) is 9.40. The van der Waals surface area contributed by atoms with Gasteiger partial charge in [-0.25, -0.2) is 0 Å². The van der Waals surface area contributed by atoms with Gasteiger partial charge in [0.2, 0.25) is 0 Å². The highest BCUT2D eigenvalue weighted by molar-refractivity contribution is 6.30. The van der Waals surface area contributed by atoms with E-state index in [1.807, 2.05) is 12.1 Å². The van der Waals surface area contributed by atoms with Gasteiger partial charge in [0.25, 0.3) is 0 Å². The maximum Gasteiger partial charge on any atom is 0.314 e. The van der Waals surface area contributed by atoms with Crippen molar-refractivity contribution in [1.29, 1.82) is 0 Å². The molecule has 1 aliphatic carbocycles. The third-order valence-corrected chi connectivity index (χ3v) is 3.81. The van der Waals surface area contributed by atoms with Crippen LogP contribution >= 0.6 is 11.6 Å². The lowest BCUT2D eigenvalue weighted by Gasteiger charge is -2.14. The minimum absolute atomic E-state index is 0.242. The van der Waals surface area contributed by atoms with Gasteiger partial charge >= 0.3 is 5.97 Å². The van der Waals surface area contributed by atoms with E-state index in [1.54, 1.807) is 12.1 Å². The number of carboxylic acid groups (broad SMARTS) is 1. The molecule has 0 bridgehead atoms. The Labute approximate surface area is 100 Å². The fourth-order valence-corrected chi connectivity index (χ4v) is 2.67. The second-order valence-electron chi connectivity index (χ2n) is 4.84. The second kappa shape index (κ2) is 3.77. The molecule has 1 N–H and O–H groups in total.